The molecule has 1 heterocycles. The average molecular weight is 284 g/mol. The first kappa shape index (κ1) is 16.3. The second-order valence-corrected chi connectivity index (χ2v) is 4.79. The van der Waals surface area contributed by atoms with E-state index in [0.29, 0.717) is 13.2 Å². The maximum atomic E-state index is 10.7. The Morgan fingerprint density at radius 3 is 1.70 bits per heavy atom. The van der Waals surface area contributed by atoms with Crippen molar-refractivity contribution in [3.8, 4) is 0 Å². The van der Waals surface area contributed by atoms with Crippen LogP contribution in [0.3, 0.4) is 0 Å². The van der Waals surface area contributed by atoms with Crippen LogP contribution in [-0.2, 0) is 19.1 Å². The highest BCUT2D eigenvalue weighted by Gasteiger charge is 2.20. The molecular weight excluding hydrogens is 260 g/mol. The molecule has 1 rings (SSSR count). The van der Waals surface area contributed by atoms with Crippen molar-refractivity contribution < 1.29 is 19.1 Å². The van der Waals surface area contributed by atoms with Crippen molar-refractivity contribution >= 4 is 11.9 Å². The number of rotatable bonds is 8. The van der Waals surface area contributed by atoms with Crippen molar-refractivity contribution in [3.05, 3.63) is 12.4 Å². The lowest BCUT2D eigenvalue weighted by molar-refractivity contribution is -0.142. The molecule has 6 nitrogen and oxygen atoms in total. The van der Waals surface area contributed by atoms with Gasteiger partial charge in [0.15, 0.2) is 0 Å². The summed E-state index contributed by atoms with van der Waals surface area (Å²) in [5.41, 5.74) is 0. The molecule has 0 aromatic heterocycles. The summed E-state index contributed by atoms with van der Waals surface area (Å²) in [5, 5.41) is 0. The maximum absolute atomic E-state index is 10.7. The molecule has 0 saturated carbocycles. The van der Waals surface area contributed by atoms with Crippen molar-refractivity contribution in [3.63, 3.8) is 0 Å². The van der Waals surface area contributed by atoms with Crippen molar-refractivity contribution in [2.75, 3.05) is 26.3 Å². The molecule has 0 aliphatic carbocycles. The number of nitrogens with zero attached hydrogens (tertiary/aromatic N) is 2. The van der Waals surface area contributed by atoms with Crippen molar-refractivity contribution in [2.24, 2.45) is 0 Å². The normalized spacial score (nSPS) is 14.8. The van der Waals surface area contributed by atoms with Crippen molar-refractivity contribution in [1.29, 1.82) is 0 Å². The standard InChI is InChI=1S/C14H24N2O4/c1-12-15(6-4-10-19-13(2)17)8-9-16(12)7-5-11-20-14(3)18/h8-9,12H,4-7,10-11H2,1-3H3. The Bertz CT molecular complexity index is 325. The lowest BCUT2D eigenvalue weighted by atomic mass is 10.3. The summed E-state index contributed by atoms with van der Waals surface area (Å²) < 4.78 is 9.83. The monoisotopic (exact) mass is 284 g/mol. The molecule has 0 amide bonds. The summed E-state index contributed by atoms with van der Waals surface area (Å²) in [6.45, 7) is 7.58. The molecule has 0 saturated heterocycles. The molecule has 0 N–H and O–H groups in total. The Morgan fingerprint density at radius 1 is 0.950 bits per heavy atom. The highest BCUT2D eigenvalue weighted by Crippen LogP contribution is 2.15. The van der Waals surface area contributed by atoms with Crippen molar-refractivity contribution in [1.82, 2.24) is 9.80 Å². The summed E-state index contributed by atoms with van der Waals surface area (Å²) in [4.78, 5) is 25.7. The summed E-state index contributed by atoms with van der Waals surface area (Å²) in [6.07, 6.45) is 6.00. The van der Waals surface area contributed by atoms with Gasteiger partial charge in [0, 0.05) is 39.3 Å². The van der Waals surface area contributed by atoms with Gasteiger partial charge in [0.05, 0.1) is 19.4 Å². The van der Waals surface area contributed by atoms with Gasteiger partial charge in [0.2, 0.25) is 0 Å². The zero-order chi connectivity index (χ0) is 15.0. The SMILES string of the molecule is CC(=O)OCCCN1C=CN(CCCOC(C)=O)C1C. The van der Waals surface area contributed by atoms with Gasteiger partial charge in [-0.2, -0.15) is 0 Å². The van der Waals surface area contributed by atoms with Crippen LogP contribution in [0.2, 0.25) is 0 Å². The molecular formula is C14H24N2O4. The number of carbonyl (C=O) groups is 2. The van der Waals surface area contributed by atoms with Gasteiger partial charge < -0.3 is 19.3 Å². The second-order valence-electron chi connectivity index (χ2n) is 4.79. The number of hydrogen-bond donors (Lipinski definition) is 0. The number of ether oxygens (including phenoxy) is 2. The van der Waals surface area contributed by atoms with E-state index in [1.807, 2.05) is 12.4 Å². The summed E-state index contributed by atoms with van der Waals surface area (Å²) in [5.74, 6) is -0.468. The lowest BCUT2D eigenvalue weighted by Crippen LogP contribution is -2.37. The van der Waals surface area contributed by atoms with Gasteiger partial charge in [-0.1, -0.05) is 0 Å². The van der Waals surface area contributed by atoms with Crippen LogP contribution >= 0.6 is 0 Å². The van der Waals surface area contributed by atoms with E-state index in [0.717, 1.165) is 25.9 Å². The van der Waals surface area contributed by atoms with E-state index in [9.17, 15) is 9.59 Å². The van der Waals surface area contributed by atoms with Crippen LogP contribution in [0.5, 0.6) is 0 Å². The molecule has 114 valence electrons. The Hall–Kier alpha value is -1.72. The Balaban J connectivity index is 2.16. The molecule has 0 spiro atoms. The van der Waals surface area contributed by atoms with Gasteiger partial charge in [0.25, 0.3) is 0 Å². The quantitative estimate of drug-likeness (QED) is 0.495. The summed E-state index contributed by atoms with van der Waals surface area (Å²) in [7, 11) is 0. The van der Waals surface area contributed by atoms with Crippen LogP contribution in [0.4, 0.5) is 0 Å². The average Bonchev–Trinajstić information content (AvgIpc) is 2.71. The maximum Gasteiger partial charge on any atom is 0.302 e. The zero-order valence-corrected chi connectivity index (χ0v) is 12.5. The molecule has 20 heavy (non-hydrogen) atoms. The van der Waals surface area contributed by atoms with Crippen LogP contribution in [-0.4, -0.2) is 54.2 Å². The van der Waals surface area contributed by atoms with Crippen LogP contribution in [0, 0.1) is 0 Å². The van der Waals surface area contributed by atoms with E-state index in [4.69, 9.17) is 9.47 Å². The highest BCUT2D eigenvalue weighted by atomic mass is 16.5. The van der Waals surface area contributed by atoms with Crippen LogP contribution in [0.25, 0.3) is 0 Å². The van der Waals surface area contributed by atoms with E-state index in [-0.39, 0.29) is 18.1 Å². The fourth-order valence-electron chi connectivity index (χ4n) is 2.06. The van der Waals surface area contributed by atoms with Crippen LogP contribution < -0.4 is 0 Å². The minimum absolute atomic E-state index is 0.234. The second kappa shape index (κ2) is 8.45. The van der Waals surface area contributed by atoms with Gasteiger partial charge in [0.1, 0.15) is 0 Å². The fraction of sp³-hybridized carbons (Fsp3) is 0.714. The highest BCUT2D eigenvalue weighted by molar-refractivity contribution is 5.66. The Morgan fingerprint density at radius 2 is 1.35 bits per heavy atom. The van der Waals surface area contributed by atoms with Gasteiger partial charge >= 0.3 is 11.9 Å². The summed E-state index contributed by atoms with van der Waals surface area (Å²) >= 11 is 0. The predicted octanol–water partition coefficient (Wildman–Crippen LogP) is 1.33. The number of hydrogen-bond acceptors (Lipinski definition) is 6. The largest absolute Gasteiger partial charge is 0.466 e. The van der Waals surface area contributed by atoms with E-state index in [2.05, 4.69) is 16.7 Å². The molecule has 0 unspecified atom stereocenters. The topological polar surface area (TPSA) is 59.1 Å². The van der Waals surface area contributed by atoms with Gasteiger partial charge in [-0.25, -0.2) is 0 Å². The molecule has 6 heteroatoms. The molecule has 1 aliphatic rings. The Kier molecular flexibility index (Phi) is 6.90. The summed E-state index contributed by atoms with van der Waals surface area (Å²) in [6, 6.07) is 0. The van der Waals surface area contributed by atoms with E-state index in [1.165, 1.54) is 13.8 Å². The van der Waals surface area contributed by atoms with Gasteiger partial charge in [-0.3, -0.25) is 9.59 Å². The van der Waals surface area contributed by atoms with E-state index in [1.54, 1.807) is 0 Å². The van der Waals surface area contributed by atoms with Crippen LogP contribution in [0.15, 0.2) is 12.4 Å². The molecule has 0 radical (unpaired) electrons. The third-order valence-electron chi connectivity index (χ3n) is 3.14. The molecule has 0 aromatic rings. The predicted molar refractivity (Wildman–Crippen MR) is 74.5 cm³/mol. The van der Waals surface area contributed by atoms with E-state index >= 15 is 0 Å². The smallest absolute Gasteiger partial charge is 0.302 e. The molecule has 1 aliphatic heterocycles. The number of carbonyl (C=O) groups excluding carboxylic acids is 2. The molecule has 0 bridgehead atoms. The van der Waals surface area contributed by atoms with Gasteiger partial charge in [-0.15, -0.1) is 0 Å². The third-order valence-corrected chi connectivity index (χ3v) is 3.14. The first-order valence-corrected chi connectivity index (χ1v) is 6.97. The molecule has 0 fully saturated rings. The van der Waals surface area contributed by atoms with Crippen LogP contribution in [0.1, 0.15) is 33.6 Å². The van der Waals surface area contributed by atoms with Crippen molar-refractivity contribution in [2.45, 2.75) is 39.8 Å². The lowest BCUT2D eigenvalue weighted by Gasteiger charge is -2.29. The van der Waals surface area contributed by atoms with E-state index < -0.39 is 0 Å². The number of esters is 2. The van der Waals surface area contributed by atoms with Gasteiger partial charge in [-0.05, 0) is 19.8 Å². The first-order chi connectivity index (χ1) is 9.50. The Labute approximate surface area is 120 Å². The molecule has 0 atom stereocenters. The molecule has 0 aromatic carbocycles. The third kappa shape index (κ3) is 5.95. The fourth-order valence-corrected chi connectivity index (χ4v) is 2.06. The first-order valence-electron chi connectivity index (χ1n) is 6.97. The minimum atomic E-state index is -0.234. The zero-order valence-electron chi connectivity index (χ0n) is 12.5. The minimum Gasteiger partial charge on any atom is -0.466 e.